The molecule has 1 aliphatic rings. The first-order valence-electron chi connectivity index (χ1n) is 4.93. The van der Waals surface area contributed by atoms with Gasteiger partial charge in [-0.15, -0.1) is 0 Å². The van der Waals surface area contributed by atoms with Gasteiger partial charge in [0.2, 0.25) is 0 Å². The van der Waals surface area contributed by atoms with Crippen LogP contribution in [0.1, 0.15) is 21.6 Å². The second-order valence-electron chi connectivity index (χ2n) is 3.59. The Labute approximate surface area is 80.2 Å². The molecule has 1 rings (SSSR count). The van der Waals surface area contributed by atoms with Crippen LogP contribution >= 0.6 is 7.60 Å². The molecular weight excluding hydrogens is 191 g/mol. The van der Waals surface area contributed by atoms with Crippen LogP contribution in [0.15, 0.2) is 0 Å². The van der Waals surface area contributed by atoms with Crippen molar-refractivity contribution >= 4 is 7.60 Å². The summed E-state index contributed by atoms with van der Waals surface area (Å²) in [6.45, 7) is 4.28. The minimum Gasteiger partial charge on any atom is -0.375 e. The maximum absolute atomic E-state index is 11.0. The van der Waals surface area contributed by atoms with Crippen LogP contribution in [-0.4, -0.2) is 30.3 Å². The third kappa shape index (κ3) is 3.39. The Balaban J connectivity index is 2.53. The summed E-state index contributed by atoms with van der Waals surface area (Å²) >= 11 is 0. The zero-order valence-electron chi connectivity index (χ0n) is 9.14. The summed E-state index contributed by atoms with van der Waals surface area (Å²) in [4.78, 5) is 9.03. The minimum absolute atomic E-state index is 0.194. The standard InChI is InChI=1S/C8H17O4P/c1-6-4-5-11-8(6)7(2)12-13(3,9)10/h6-8H,4-5H2,1-3H3,(H,9,10)/t6-,7+,8-/m0/s1/i5T/t5-,6+,7-,8+/m1. The van der Waals surface area contributed by atoms with Gasteiger partial charge in [-0.1, -0.05) is 6.92 Å². The maximum Gasteiger partial charge on any atom is 0.325 e. The van der Waals surface area contributed by atoms with Crippen molar-refractivity contribution in [3.05, 3.63) is 0 Å². The van der Waals surface area contributed by atoms with E-state index in [-0.39, 0.29) is 12.0 Å². The van der Waals surface area contributed by atoms with Gasteiger partial charge in [-0.2, -0.15) is 0 Å². The summed E-state index contributed by atoms with van der Waals surface area (Å²) in [6.07, 6.45) is -0.0447. The summed E-state index contributed by atoms with van der Waals surface area (Å²) in [5.74, 6) is 0.194. The third-order valence-corrected chi connectivity index (χ3v) is 2.83. The smallest absolute Gasteiger partial charge is 0.325 e. The van der Waals surface area contributed by atoms with E-state index in [0.29, 0.717) is 6.42 Å². The third-order valence-electron chi connectivity index (χ3n) is 2.11. The highest BCUT2D eigenvalue weighted by Crippen LogP contribution is 2.40. The van der Waals surface area contributed by atoms with E-state index in [1.54, 1.807) is 6.92 Å². The van der Waals surface area contributed by atoms with Gasteiger partial charge in [0.25, 0.3) is 0 Å². The molecule has 78 valence electrons. The van der Waals surface area contributed by atoms with Crippen molar-refractivity contribution in [1.29, 1.82) is 0 Å². The van der Waals surface area contributed by atoms with Gasteiger partial charge in [0.15, 0.2) is 0 Å². The molecule has 1 N–H and O–H groups in total. The predicted octanol–water partition coefficient (Wildman–Crippen LogP) is 1.63. The fourth-order valence-corrected chi connectivity index (χ4v) is 2.27. The lowest BCUT2D eigenvalue weighted by atomic mass is 10.0. The number of hydrogen-bond acceptors (Lipinski definition) is 3. The average Bonchev–Trinajstić information content (AvgIpc) is 2.26. The van der Waals surface area contributed by atoms with Gasteiger partial charge in [0, 0.05) is 13.2 Å². The molecule has 0 aromatic carbocycles. The summed E-state index contributed by atoms with van der Waals surface area (Å²) < 4.78 is 28.6. The van der Waals surface area contributed by atoms with E-state index in [4.69, 9.17) is 15.5 Å². The fraction of sp³-hybridized carbons (Fsp3) is 1.00. The first-order valence-corrected chi connectivity index (χ1v) is 6.38. The zero-order valence-corrected chi connectivity index (χ0v) is 9.03. The Morgan fingerprint density at radius 3 is 2.85 bits per heavy atom. The Hall–Kier alpha value is 0.110. The second kappa shape index (κ2) is 4.09. The molecule has 0 aliphatic carbocycles. The molecule has 1 heterocycles. The summed E-state index contributed by atoms with van der Waals surface area (Å²) in [5.41, 5.74) is 0. The minimum atomic E-state index is -3.46. The number of ether oxygens (including phenoxy) is 1. The number of rotatable bonds is 3. The average molecular weight is 210 g/mol. The van der Waals surface area contributed by atoms with Gasteiger partial charge in [-0.3, -0.25) is 4.57 Å². The van der Waals surface area contributed by atoms with Crippen LogP contribution in [0.25, 0.3) is 0 Å². The fourth-order valence-electron chi connectivity index (χ4n) is 1.53. The van der Waals surface area contributed by atoms with E-state index in [0.717, 1.165) is 6.66 Å². The Morgan fingerprint density at radius 1 is 1.85 bits per heavy atom. The molecule has 0 saturated carbocycles. The molecule has 5 heteroatoms. The van der Waals surface area contributed by atoms with Gasteiger partial charge in [0.1, 0.15) is 0 Å². The van der Waals surface area contributed by atoms with Crippen LogP contribution in [0.2, 0.25) is 0 Å². The quantitative estimate of drug-likeness (QED) is 0.719. The first-order chi connectivity index (χ1) is 6.29. The van der Waals surface area contributed by atoms with E-state index in [2.05, 4.69) is 0 Å². The predicted molar refractivity (Wildman–Crippen MR) is 49.8 cm³/mol. The lowest BCUT2D eigenvalue weighted by molar-refractivity contribution is 0.00202. The van der Waals surface area contributed by atoms with E-state index in [9.17, 15) is 4.57 Å². The van der Waals surface area contributed by atoms with E-state index >= 15 is 0 Å². The van der Waals surface area contributed by atoms with Crippen LogP contribution in [-0.2, 0) is 13.8 Å². The van der Waals surface area contributed by atoms with Crippen molar-refractivity contribution in [2.45, 2.75) is 32.5 Å². The summed E-state index contributed by atoms with van der Waals surface area (Å²) in [5, 5.41) is 0. The summed E-state index contributed by atoms with van der Waals surface area (Å²) in [6, 6.07) is 0. The highest BCUT2D eigenvalue weighted by molar-refractivity contribution is 7.51. The molecule has 13 heavy (non-hydrogen) atoms. The molecule has 1 fully saturated rings. The molecule has 0 amide bonds. The van der Waals surface area contributed by atoms with Crippen molar-refractivity contribution in [1.82, 2.24) is 0 Å². The highest BCUT2D eigenvalue weighted by Gasteiger charge is 2.32. The SMILES string of the molecule is [3H][C@@H]1C[C@H](C)[C@@H]([C@@H](C)OP(C)(=O)O)O1. The van der Waals surface area contributed by atoms with Crippen LogP contribution in [0.5, 0.6) is 0 Å². The molecule has 0 aromatic rings. The molecule has 0 spiro atoms. The van der Waals surface area contributed by atoms with E-state index in [1.807, 2.05) is 6.92 Å². The van der Waals surface area contributed by atoms with Gasteiger partial charge >= 0.3 is 7.60 Å². The van der Waals surface area contributed by atoms with Crippen molar-refractivity contribution in [3.8, 4) is 0 Å². The first kappa shape index (κ1) is 9.66. The van der Waals surface area contributed by atoms with Gasteiger partial charge in [-0.25, -0.2) is 0 Å². The summed E-state index contributed by atoms with van der Waals surface area (Å²) in [7, 11) is -3.46. The van der Waals surface area contributed by atoms with E-state index < -0.39 is 20.3 Å². The highest BCUT2D eigenvalue weighted by atomic mass is 31.2. The van der Waals surface area contributed by atoms with Crippen LogP contribution < -0.4 is 0 Å². The molecule has 0 aromatic heterocycles. The molecule has 1 aliphatic heterocycles. The van der Waals surface area contributed by atoms with Gasteiger partial charge in [0.05, 0.1) is 13.6 Å². The van der Waals surface area contributed by atoms with Crippen molar-refractivity contribution in [2.24, 2.45) is 5.92 Å². The van der Waals surface area contributed by atoms with Crippen LogP contribution in [0.4, 0.5) is 0 Å². The zero-order chi connectivity index (χ0) is 10.9. The van der Waals surface area contributed by atoms with Crippen molar-refractivity contribution in [2.75, 3.05) is 13.2 Å². The molecule has 1 saturated heterocycles. The second-order valence-corrected chi connectivity index (χ2v) is 5.41. The molecule has 1 unspecified atom stereocenters. The molecule has 4 nitrogen and oxygen atoms in total. The maximum atomic E-state index is 11.0. The van der Waals surface area contributed by atoms with Crippen molar-refractivity contribution in [3.63, 3.8) is 0 Å². The Bertz CT molecular complexity index is 241. The number of hydrogen-bond donors (Lipinski definition) is 1. The largest absolute Gasteiger partial charge is 0.375 e. The van der Waals surface area contributed by atoms with Crippen LogP contribution in [0.3, 0.4) is 0 Å². The molecule has 0 bridgehead atoms. The lowest BCUT2D eigenvalue weighted by Crippen LogP contribution is -2.29. The Kier molecular flexibility index (Phi) is 3.04. The Morgan fingerprint density at radius 2 is 2.46 bits per heavy atom. The van der Waals surface area contributed by atoms with Crippen LogP contribution in [0, 0.1) is 5.92 Å². The molecular formula is C8H17O4P. The monoisotopic (exact) mass is 210 g/mol. The normalized spacial score (nSPS) is 42.5. The lowest BCUT2D eigenvalue weighted by Gasteiger charge is -2.23. The molecule has 5 atom stereocenters. The van der Waals surface area contributed by atoms with Gasteiger partial charge < -0.3 is 14.2 Å². The topological polar surface area (TPSA) is 55.8 Å². The van der Waals surface area contributed by atoms with Gasteiger partial charge in [-0.05, 0) is 19.3 Å². The molecule has 0 radical (unpaired) electrons. The van der Waals surface area contributed by atoms with Crippen molar-refractivity contribution < 1.29 is 20.1 Å². The van der Waals surface area contributed by atoms with E-state index in [1.165, 1.54) is 0 Å².